The number of rotatable bonds is 5. The lowest BCUT2D eigenvalue weighted by Crippen LogP contribution is -2.31. The summed E-state index contributed by atoms with van der Waals surface area (Å²) in [6, 6.07) is 5.44. The van der Waals surface area contributed by atoms with E-state index in [4.69, 9.17) is 27.9 Å². The number of ether oxygens (including phenoxy) is 1. The molecule has 1 saturated carbocycles. The second kappa shape index (κ2) is 5.57. The Morgan fingerprint density at radius 1 is 1.35 bits per heavy atom. The molecule has 1 aromatic carbocycles. The Kier molecular flexibility index (Phi) is 4.31. The lowest BCUT2D eigenvalue weighted by molar-refractivity contribution is -0.0237. The van der Waals surface area contributed by atoms with Gasteiger partial charge in [0.2, 0.25) is 0 Å². The number of halogens is 2. The number of aliphatic hydroxyl groups is 1. The van der Waals surface area contributed by atoms with E-state index in [0.29, 0.717) is 22.4 Å². The molecular weight excluding hydrogens is 259 g/mol. The van der Waals surface area contributed by atoms with Crippen molar-refractivity contribution < 1.29 is 9.84 Å². The highest BCUT2D eigenvalue weighted by Gasteiger charge is 2.35. The summed E-state index contributed by atoms with van der Waals surface area (Å²) >= 11 is 11.8. The number of hydrogen-bond acceptors (Lipinski definition) is 2. The van der Waals surface area contributed by atoms with Crippen molar-refractivity contribution in [2.45, 2.75) is 31.5 Å². The number of aliphatic hydroxyl groups excluding tert-OH is 1. The van der Waals surface area contributed by atoms with Gasteiger partial charge < -0.3 is 9.84 Å². The third-order valence-corrected chi connectivity index (χ3v) is 3.91. The molecule has 2 rings (SSSR count). The zero-order chi connectivity index (χ0) is 12.4. The highest BCUT2D eigenvalue weighted by atomic mass is 35.5. The Balaban J connectivity index is 2.01. The molecule has 0 radical (unpaired) electrons. The Morgan fingerprint density at radius 2 is 2.06 bits per heavy atom. The minimum atomic E-state index is -0.482. The summed E-state index contributed by atoms with van der Waals surface area (Å²) in [7, 11) is 1.65. The summed E-state index contributed by atoms with van der Waals surface area (Å²) < 4.78 is 5.35. The standard InChI is InChI=1S/C13H16Cl2O2/c1-17-13(9-3-4-9)12(16)7-8-2-5-10(14)11(15)6-8/h2,5-6,9,12-13,16H,3-4,7H2,1H3. The zero-order valence-electron chi connectivity index (χ0n) is 9.70. The van der Waals surface area contributed by atoms with Gasteiger partial charge in [-0.05, 0) is 36.5 Å². The molecule has 0 aliphatic heterocycles. The lowest BCUT2D eigenvalue weighted by Gasteiger charge is -2.21. The van der Waals surface area contributed by atoms with Crippen LogP contribution >= 0.6 is 23.2 Å². The van der Waals surface area contributed by atoms with Crippen LogP contribution in [0.4, 0.5) is 0 Å². The van der Waals surface area contributed by atoms with Gasteiger partial charge >= 0.3 is 0 Å². The van der Waals surface area contributed by atoms with Crippen LogP contribution in [0.2, 0.25) is 10.0 Å². The number of methoxy groups -OCH3 is 1. The van der Waals surface area contributed by atoms with Crippen molar-refractivity contribution in [1.82, 2.24) is 0 Å². The van der Waals surface area contributed by atoms with E-state index in [-0.39, 0.29) is 6.10 Å². The molecule has 0 bridgehead atoms. The summed E-state index contributed by atoms with van der Waals surface area (Å²) in [5, 5.41) is 11.2. The van der Waals surface area contributed by atoms with E-state index in [2.05, 4.69) is 0 Å². The fraction of sp³-hybridized carbons (Fsp3) is 0.538. The maximum atomic E-state index is 10.1. The molecule has 2 unspecified atom stereocenters. The van der Waals surface area contributed by atoms with Crippen molar-refractivity contribution in [2.24, 2.45) is 5.92 Å². The summed E-state index contributed by atoms with van der Waals surface area (Å²) in [6.07, 6.45) is 2.30. The first-order chi connectivity index (χ1) is 8.11. The number of benzene rings is 1. The first-order valence-corrected chi connectivity index (χ1v) is 6.52. The third-order valence-electron chi connectivity index (χ3n) is 3.17. The Labute approximate surface area is 111 Å². The average Bonchev–Trinajstić information content (AvgIpc) is 3.09. The molecule has 4 heteroatoms. The fourth-order valence-electron chi connectivity index (χ4n) is 2.11. The van der Waals surface area contributed by atoms with Gasteiger partial charge in [0, 0.05) is 13.5 Å². The zero-order valence-corrected chi connectivity index (χ0v) is 11.2. The molecule has 2 atom stereocenters. The molecule has 1 fully saturated rings. The first-order valence-electron chi connectivity index (χ1n) is 5.76. The smallest absolute Gasteiger partial charge is 0.0861 e. The van der Waals surface area contributed by atoms with Gasteiger partial charge in [0.05, 0.1) is 22.3 Å². The van der Waals surface area contributed by atoms with Crippen LogP contribution in [0.25, 0.3) is 0 Å². The molecule has 17 heavy (non-hydrogen) atoms. The Bertz CT molecular complexity index is 391. The minimum Gasteiger partial charge on any atom is -0.390 e. The van der Waals surface area contributed by atoms with Crippen molar-refractivity contribution in [3.05, 3.63) is 33.8 Å². The molecule has 0 spiro atoms. The largest absolute Gasteiger partial charge is 0.390 e. The summed E-state index contributed by atoms with van der Waals surface area (Å²) in [5.74, 6) is 0.512. The van der Waals surface area contributed by atoms with Crippen LogP contribution in [-0.4, -0.2) is 24.4 Å². The molecule has 2 nitrogen and oxygen atoms in total. The summed E-state index contributed by atoms with van der Waals surface area (Å²) in [6.45, 7) is 0. The van der Waals surface area contributed by atoms with Crippen LogP contribution < -0.4 is 0 Å². The van der Waals surface area contributed by atoms with Gasteiger partial charge in [0.1, 0.15) is 0 Å². The topological polar surface area (TPSA) is 29.5 Å². The van der Waals surface area contributed by atoms with Gasteiger partial charge in [-0.1, -0.05) is 29.3 Å². The predicted octanol–water partition coefficient (Wildman–Crippen LogP) is 3.32. The molecular formula is C13H16Cl2O2. The quantitative estimate of drug-likeness (QED) is 0.893. The molecule has 0 heterocycles. The fourth-order valence-corrected chi connectivity index (χ4v) is 2.43. The predicted molar refractivity (Wildman–Crippen MR) is 69.7 cm³/mol. The van der Waals surface area contributed by atoms with E-state index in [9.17, 15) is 5.11 Å². The van der Waals surface area contributed by atoms with Crippen molar-refractivity contribution in [3.8, 4) is 0 Å². The Hall–Kier alpha value is -0.280. The number of hydrogen-bond donors (Lipinski definition) is 1. The minimum absolute atomic E-state index is 0.0653. The van der Waals surface area contributed by atoms with Gasteiger partial charge in [0.15, 0.2) is 0 Å². The highest BCUT2D eigenvalue weighted by Crippen LogP contribution is 2.36. The summed E-state index contributed by atoms with van der Waals surface area (Å²) in [5.41, 5.74) is 0.981. The molecule has 0 aromatic heterocycles. The molecule has 0 amide bonds. The molecule has 1 aliphatic rings. The monoisotopic (exact) mass is 274 g/mol. The van der Waals surface area contributed by atoms with E-state index in [0.717, 1.165) is 18.4 Å². The highest BCUT2D eigenvalue weighted by molar-refractivity contribution is 6.42. The van der Waals surface area contributed by atoms with E-state index in [1.54, 1.807) is 19.2 Å². The maximum Gasteiger partial charge on any atom is 0.0861 e. The van der Waals surface area contributed by atoms with E-state index >= 15 is 0 Å². The lowest BCUT2D eigenvalue weighted by atomic mass is 10.0. The third kappa shape index (κ3) is 3.35. The molecule has 94 valence electrons. The van der Waals surface area contributed by atoms with E-state index in [1.165, 1.54) is 0 Å². The van der Waals surface area contributed by atoms with Gasteiger partial charge in [-0.15, -0.1) is 0 Å². The molecule has 1 aliphatic carbocycles. The normalized spacial score (nSPS) is 19.1. The van der Waals surface area contributed by atoms with Crippen LogP contribution in [0.5, 0.6) is 0 Å². The van der Waals surface area contributed by atoms with Crippen LogP contribution in [0.15, 0.2) is 18.2 Å². The summed E-state index contributed by atoms with van der Waals surface area (Å²) in [4.78, 5) is 0. The van der Waals surface area contributed by atoms with Crippen LogP contribution in [0, 0.1) is 5.92 Å². The second-order valence-electron chi connectivity index (χ2n) is 4.56. The van der Waals surface area contributed by atoms with Gasteiger partial charge in [-0.2, -0.15) is 0 Å². The SMILES string of the molecule is COC(C(O)Cc1ccc(Cl)c(Cl)c1)C1CC1. The first kappa shape index (κ1) is 13.2. The average molecular weight is 275 g/mol. The van der Waals surface area contributed by atoms with Crippen molar-refractivity contribution in [3.63, 3.8) is 0 Å². The van der Waals surface area contributed by atoms with E-state index < -0.39 is 6.10 Å². The van der Waals surface area contributed by atoms with Crippen LogP contribution in [-0.2, 0) is 11.2 Å². The second-order valence-corrected chi connectivity index (χ2v) is 5.37. The van der Waals surface area contributed by atoms with Crippen LogP contribution in [0.3, 0.4) is 0 Å². The van der Waals surface area contributed by atoms with Gasteiger partial charge in [-0.25, -0.2) is 0 Å². The molecule has 1 N–H and O–H groups in total. The van der Waals surface area contributed by atoms with Gasteiger partial charge in [-0.3, -0.25) is 0 Å². The van der Waals surface area contributed by atoms with Crippen molar-refractivity contribution in [1.29, 1.82) is 0 Å². The molecule has 1 aromatic rings. The maximum absolute atomic E-state index is 10.1. The van der Waals surface area contributed by atoms with Crippen molar-refractivity contribution >= 4 is 23.2 Å². The van der Waals surface area contributed by atoms with Crippen LogP contribution in [0.1, 0.15) is 18.4 Å². The molecule has 0 saturated heterocycles. The Morgan fingerprint density at radius 3 is 2.59 bits per heavy atom. The van der Waals surface area contributed by atoms with Gasteiger partial charge in [0.25, 0.3) is 0 Å². The van der Waals surface area contributed by atoms with E-state index in [1.807, 2.05) is 6.07 Å². The van der Waals surface area contributed by atoms with Crippen molar-refractivity contribution in [2.75, 3.05) is 7.11 Å².